The topological polar surface area (TPSA) is 60.7 Å². The highest BCUT2D eigenvalue weighted by atomic mass is 16.3. The first-order valence-corrected chi connectivity index (χ1v) is 4.76. The summed E-state index contributed by atoms with van der Waals surface area (Å²) in [4.78, 5) is 0. The van der Waals surface area contributed by atoms with Gasteiger partial charge in [0.25, 0.3) is 0 Å². The second-order valence-electron chi connectivity index (χ2n) is 3.33. The third kappa shape index (κ3) is 3.46. The second-order valence-corrected chi connectivity index (χ2v) is 3.33. The van der Waals surface area contributed by atoms with Gasteiger partial charge in [0.2, 0.25) is 0 Å². The Hall–Kier alpha value is -0.900. The van der Waals surface area contributed by atoms with E-state index in [4.69, 9.17) is 5.11 Å². The van der Waals surface area contributed by atoms with E-state index < -0.39 is 12.2 Å². The molecule has 2 atom stereocenters. The SMILES string of the molecule is OCC[C@@H](O)C[C@@H](O)c1ccccc1. The summed E-state index contributed by atoms with van der Waals surface area (Å²) < 4.78 is 0. The Balaban J connectivity index is 2.46. The monoisotopic (exact) mass is 196 g/mol. The third-order valence-corrected chi connectivity index (χ3v) is 2.14. The molecule has 0 bridgehead atoms. The van der Waals surface area contributed by atoms with Crippen LogP contribution in [-0.2, 0) is 0 Å². The number of hydrogen-bond donors (Lipinski definition) is 3. The summed E-state index contributed by atoms with van der Waals surface area (Å²) >= 11 is 0. The summed E-state index contributed by atoms with van der Waals surface area (Å²) in [6.07, 6.45) is -0.720. The lowest BCUT2D eigenvalue weighted by atomic mass is 10.0. The van der Waals surface area contributed by atoms with E-state index in [1.807, 2.05) is 30.3 Å². The Morgan fingerprint density at radius 1 is 1.07 bits per heavy atom. The van der Waals surface area contributed by atoms with Crippen molar-refractivity contribution in [2.24, 2.45) is 0 Å². The first-order valence-electron chi connectivity index (χ1n) is 4.76. The molecule has 14 heavy (non-hydrogen) atoms. The van der Waals surface area contributed by atoms with E-state index in [-0.39, 0.29) is 13.0 Å². The Morgan fingerprint density at radius 3 is 2.29 bits per heavy atom. The van der Waals surface area contributed by atoms with Crippen LogP contribution in [0.25, 0.3) is 0 Å². The van der Waals surface area contributed by atoms with Gasteiger partial charge in [0.15, 0.2) is 0 Å². The van der Waals surface area contributed by atoms with Gasteiger partial charge in [0.05, 0.1) is 12.2 Å². The Morgan fingerprint density at radius 2 is 1.71 bits per heavy atom. The molecule has 0 amide bonds. The average Bonchev–Trinajstić information content (AvgIpc) is 2.19. The van der Waals surface area contributed by atoms with Crippen molar-refractivity contribution in [3.63, 3.8) is 0 Å². The van der Waals surface area contributed by atoms with Crippen LogP contribution >= 0.6 is 0 Å². The molecule has 0 aliphatic rings. The molecule has 1 aromatic carbocycles. The fraction of sp³-hybridized carbons (Fsp3) is 0.455. The first kappa shape index (κ1) is 11.2. The zero-order chi connectivity index (χ0) is 10.4. The molecule has 0 fully saturated rings. The molecule has 1 rings (SSSR count). The van der Waals surface area contributed by atoms with Crippen molar-refractivity contribution >= 4 is 0 Å². The maximum atomic E-state index is 9.68. The van der Waals surface area contributed by atoms with Crippen molar-refractivity contribution in [1.29, 1.82) is 0 Å². The molecule has 3 heteroatoms. The number of benzene rings is 1. The van der Waals surface area contributed by atoms with Gasteiger partial charge in [-0.1, -0.05) is 30.3 Å². The summed E-state index contributed by atoms with van der Waals surface area (Å²) in [5, 5.41) is 27.6. The predicted octanol–water partition coefficient (Wildman–Crippen LogP) is 0.853. The summed E-state index contributed by atoms with van der Waals surface area (Å²) in [5.41, 5.74) is 0.796. The minimum absolute atomic E-state index is 0.0529. The van der Waals surface area contributed by atoms with Crippen molar-refractivity contribution in [3.8, 4) is 0 Å². The second kappa shape index (κ2) is 5.75. The molecule has 0 saturated carbocycles. The van der Waals surface area contributed by atoms with Crippen LogP contribution in [0.15, 0.2) is 30.3 Å². The fourth-order valence-electron chi connectivity index (χ4n) is 1.34. The summed E-state index contributed by atoms with van der Waals surface area (Å²) in [5.74, 6) is 0. The Kier molecular flexibility index (Phi) is 4.59. The Bertz CT molecular complexity index is 248. The van der Waals surface area contributed by atoms with Gasteiger partial charge in [-0.15, -0.1) is 0 Å². The van der Waals surface area contributed by atoms with Gasteiger partial charge in [0.1, 0.15) is 0 Å². The van der Waals surface area contributed by atoms with Crippen molar-refractivity contribution < 1.29 is 15.3 Å². The standard InChI is InChI=1S/C11H16O3/c12-7-6-10(13)8-11(14)9-4-2-1-3-5-9/h1-5,10-14H,6-8H2/t10-,11-/m1/s1. The predicted molar refractivity (Wildman–Crippen MR) is 53.7 cm³/mol. The van der Waals surface area contributed by atoms with Crippen LogP contribution in [0.1, 0.15) is 24.5 Å². The smallest absolute Gasteiger partial charge is 0.0814 e. The van der Waals surface area contributed by atoms with E-state index in [0.717, 1.165) is 5.56 Å². The highest BCUT2D eigenvalue weighted by Crippen LogP contribution is 2.18. The molecule has 3 N–H and O–H groups in total. The number of rotatable bonds is 5. The van der Waals surface area contributed by atoms with Gasteiger partial charge in [-0.2, -0.15) is 0 Å². The lowest BCUT2D eigenvalue weighted by Crippen LogP contribution is -2.13. The van der Waals surface area contributed by atoms with Crippen molar-refractivity contribution in [1.82, 2.24) is 0 Å². The lowest BCUT2D eigenvalue weighted by Gasteiger charge is -2.14. The van der Waals surface area contributed by atoms with Crippen molar-refractivity contribution in [2.45, 2.75) is 25.0 Å². The van der Waals surface area contributed by atoms with Crippen LogP contribution in [0.2, 0.25) is 0 Å². The molecule has 0 unspecified atom stereocenters. The minimum Gasteiger partial charge on any atom is -0.396 e. The molecule has 0 saturated heterocycles. The molecule has 1 aromatic rings. The molecule has 0 radical (unpaired) electrons. The minimum atomic E-state index is -0.655. The van der Waals surface area contributed by atoms with E-state index in [0.29, 0.717) is 6.42 Å². The van der Waals surface area contributed by atoms with E-state index in [1.165, 1.54) is 0 Å². The van der Waals surface area contributed by atoms with Gasteiger partial charge in [-0.3, -0.25) is 0 Å². The normalized spacial score (nSPS) is 15.1. The van der Waals surface area contributed by atoms with Crippen molar-refractivity contribution in [3.05, 3.63) is 35.9 Å². The maximum Gasteiger partial charge on any atom is 0.0814 e. The molecule has 0 spiro atoms. The van der Waals surface area contributed by atoms with Crippen LogP contribution < -0.4 is 0 Å². The largest absolute Gasteiger partial charge is 0.396 e. The molecule has 0 aliphatic heterocycles. The van der Waals surface area contributed by atoms with Crippen LogP contribution in [-0.4, -0.2) is 28.0 Å². The highest BCUT2D eigenvalue weighted by Gasteiger charge is 2.12. The molecule has 78 valence electrons. The molecular weight excluding hydrogens is 180 g/mol. The van der Waals surface area contributed by atoms with Gasteiger partial charge in [-0.25, -0.2) is 0 Å². The third-order valence-electron chi connectivity index (χ3n) is 2.14. The zero-order valence-corrected chi connectivity index (χ0v) is 8.00. The lowest BCUT2D eigenvalue weighted by molar-refractivity contribution is 0.0639. The molecule has 0 heterocycles. The van der Waals surface area contributed by atoms with Crippen molar-refractivity contribution in [2.75, 3.05) is 6.61 Å². The quantitative estimate of drug-likeness (QED) is 0.654. The maximum absolute atomic E-state index is 9.68. The van der Waals surface area contributed by atoms with Crippen LogP contribution in [0.5, 0.6) is 0 Å². The van der Waals surface area contributed by atoms with E-state index in [9.17, 15) is 10.2 Å². The molecule has 0 aromatic heterocycles. The van der Waals surface area contributed by atoms with E-state index in [2.05, 4.69) is 0 Å². The fourth-order valence-corrected chi connectivity index (χ4v) is 1.34. The first-order chi connectivity index (χ1) is 6.74. The molecule has 0 aliphatic carbocycles. The molecule has 3 nitrogen and oxygen atoms in total. The highest BCUT2D eigenvalue weighted by molar-refractivity contribution is 5.17. The van der Waals surface area contributed by atoms with Crippen LogP contribution in [0.3, 0.4) is 0 Å². The molecular formula is C11H16O3. The van der Waals surface area contributed by atoms with Gasteiger partial charge >= 0.3 is 0 Å². The number of aliphatic hydroxyl groups is 3. The van der Waals surface area contributed by atoms with Crippen LogP contribution in [0, 0.1) is 0 Å². The van der Waals surface area contributed by atoms with Crippen LogP contribution in [0.4, 0.5) is 0 Å². The van der Waals surface area contributed by atoms with Gasteiger partial charge in [-0.05, 0) is 12.0 Å². The zero-order valence-electron chi connectivity index (χ0n) is 8.00. The number of aliphatic hydroxyl groups excluding tert-OH is 3. The van der Waals surface area contributed by atoms with E-state index in [1.54, 1.807) is 0 Å². The van der Waals surface area contributed by atoms with E-state index >= 15 is 0 Å². The summed E-state index contributed by atoms with van der Waals surface area (Å²) in [6, 6.07) is 9.20. The summed E-state index contributed by atoms with van der Waals surface area (Å²) in [7, 11) is 0. The van der Waals surface area contributed by atoms with Gasteiger partial charge in [0, 0.05) is 13.0 Å². The summed E-state index contributed by atoms with van der Waals surface area (Å²) in [6.45, 7) is -0.0529. The van der Waals surface area contributed by atoms with Gasteiger partial charge < -0.3 is 15.3 Å². The Labute approximate surface area is 83.6 Å². The average molecular weight is 196 g/mol. The number of hydrogen-bond acceptors (Lipinski definition) is 3.